The highest BCUT2D eigenvalue weighted by Crippen LogP contribution is 2.15. The maximum Gasteiger partial charge on any atom is 0.433 e. The minimum absolute atomic E-state index is 0.222. The SMILES string of the molecule is CCC(=O)Oc1ccc(C=NNC(=O)c2ccc([N+](=O)[O-])o2)cc1. The Morgan fingerprint density at radius 2 is 2.00 bits per heavy atom. The van der Waals surface area contributed by atoms with Crippen LogP contribution in [0.1, 0.15) is 29.5 Å². The van der Waals surface area contributed by atoms with E-state index >= 15 is 0 Å². The van der Waals surface area contributed by atoms with Crippen molar-refractivity contribution < 1.29 is 23.7 Å². The number of amides is 1. The number of hydrogen-bond donors (Lipinski definition) is 1. The highest BCUT2D eigenvalue weighted by atomic mass is 16.6. The van der Waals surface area contributed by atoms with Gasteiger partial charge in [0, 0.05) is 6.42 Å². The molecule has 0 aliphatic rings. The quantitative estimate of drug-likeness (QED) is 0.285. The van der Waals surface area contributed by atoms with E-state index in [0.29, 0.717) is 11.3 Å². The summed E-state index contributed by atoms with van der Waals surface area (Å²) in [4.78, 5) is 32.6. The van der Waals surface area contributed by atoms with Gasteiger partial charge in [-0.05, 0) is 35.9 Å². The Kier molecular flexibility index (Phi) is 5.40. The first-order chi connectivity index (χ1) is 11.5. The molecule has 0 saturated heterocycles. The van der Waals surface area contributed by atoms with Crippen molar-refractivity contribution in [3.8, 4) is 5.75 Å². The standard InChI is InChI=1S/C15H13N3O6/c1-2-14(19)23-11-5-3-10(4-6-11)9-16-17-15(20)12-7-8-13(24-12)18(21)22/h3-9H,2H2,1H3,(H,17,20). The lowest BCUT2D eigenvalue weighted by molar-refractivity contribution is -0.402. The minimum atomic E-state index is -0.743. The Hall–Kier alpha value is -3.49. The van der Waals surface area contributed by atoms with Crippen LogP contribution in [0.3, 0.4) is 0 Å². The van der Waals surface area contributed by atoms with Crippen molar-refractivity contribution in [2.75, 3.05) is 0 Å². The molecule has 2 rings (SSSR count). The summed E-state index contributed by atoms with van der Waals surface area (Å²) in [6.07, 6.45) is 1.64. The van der Waals surface area contributed by atoms with E-state index < -0.39 is 16.7 Å². The molecule has 124 valence electrons. The molecule has 0 aliphatic heterocycles. The number of esters is 1. The zero-order valence-corrected chi connectivity index (χ0v) is 12.6. The normalized spacial score (nSPS) is 10.5. The number of nitrogens with zero attached hydrogens (tertiary/aromatic N) is 2. The summed E-state index contributed by atoms with van der Waals surface area (Å²) in [6, 6.07) is 8.73. The van der Waals surface area contributed by atoms with Gasteiger partial charge in [0.15, 0.2) is 0 Å². The third kappa shape index (κ3) is 4.50. The summed E-state index contributed by atoms with van der Waals surface area (Å²) in [5.41, 5.74) is 2.83. The highest BCUT2D eigenvalue weighted by Gasteiger charge is 2.16. The predicted octanol–water partition coefficient (Wildman–Crippen LogP) is 2.27. The van der Waals surface area contributed by atoms with Crippen LogP contribution >= 0.6 is 0 Å². The highest BCUT2D eigenvalue weighted by molar-refractivity contribution is 5.92. The lowest BCUT2D eigenvalue weighted by Gasteiger charge is -2.02. The summed E-state index contributed by atoms with van der Waals surface area (Å²) < 4.78 is 9.76. The molecule has 0 aliphatic carbocycles. The van der Waals surface area contributed by atoms with Crippen LogP contribution in [0.15, 0.2) is 45.9 Å². The number of hydrogen-bond acceptors (Lipinski definition) is 7. The first-order valence-corrected chi connectivity index (χ1v) is 6.88. The zero-order valence-electron chi connectivity index (χ0n) is 12.6. The van der Waals surface area contributed by atoms with Gasteiger partial charge in [-0.15, -0.1) is 0 Å². The van der Waals surface area contributed by atoms with Gasteiger partial charge in [-0.25, -0.2) is 5.43 Å². The predicted molar refractivity (Wildman–Crippen MR) is 82.8 cm³/mol. The van der Waals surface area contributed by atoms with Gasteiger partial charge in [-0.1, -0.05) is 6.92 Å². The van der Waals surface area contributed by atoms with Crippen LogP contribution in [-0.2, 0) is 4.79 Å². The van der Waals surface area contributed by atoms with E-state index in [-0.39, 0.29) is 18.2 Å². The fourth-order valence-corrected chi connectivity index (χ4v) is 1.59. The van der Waals surface area contributed by atoms with Crippen LogP contribution in [0, 0.1) is 10.1 Å². The van der Waals surface area contributed by atoms with Crippen molar-refractivity contribution in [2.24, 2.45) is 5.10 Å². The molecule has 1 aromatic carbocycles. The van der Waals surface area contributed by atoms with E-state index in [9.17, 15) is 19.7 Å². The van der Waals surface area contributed by atoms with Gasteiger partial charge >= 0.3 is 17.8 Å². The summed E-state index contributed by atoms with van der Waals surface area (Å²) in [7, 11) is 0. The van der Waals surface area contributed by atoms with Crippen LogP contribution in [0.25, 0.3) is 0 Å². The van der Waals surface area contributed by atoms with Crippen LogP contribution in [0.2, 0.25) is 0 Å². The molecule has 0 bridgehead atoms. The molecule has 9 heteroatoms. The van der Waals surface area contributed by atoms with Gasteiger partial charge in [0.25, 0.3) is 0 Å². The average Bonchev–Trinajstić information content (AvgIpc) is 3.06. The fourth-order valence-electron chi connectivity index (χ4n) is 1.59. The molecule has 1 aromatic heterocycles. The third-order valence-corrected chi connectivity index (χ3v) is 2.78. The first kappa shape index (κ1) is 16.9. The Balaban J connectivity index is 1.92. The number of nitrogens with one attached hydrogen (secondary N) is 1. The van der Waals surface area contributed by atoms with Crippen molar-refractivity contribution in [3.05, 3.63) is 57.8 Å². The largest absolute Gasteiger partial charge is 0.433 e. The minimum Gasteiger partial charge on any atom is -0.427 e. The molecule has 0 radical (unpaired) electrons. The van der Waals surface area contributed by atoms with Crippen LogP contribution in [0.5, 0.6) is 5.75 Å². The average molecular weight is 331 g/mol. The molecular formula is C15H13N3O6. The molecule has 9 nitrogen and oxygen atoms in total. The zero-order chi connectivity index (χ0) is 17.5. The maximum absolute atomic E-state index is 11.7. The molecule has 1 amide bonds. The number of nitro groups is 1. The molecule has 24 heavy (non-hydrogen) atoms. The van der Waals surface area contributed by atoms with Crippen molar-refractivity contribution >= 4 is 24.0 Å². The van der Waals surface area contributed by atoms with Gasteiger partial charge < -0.3 is 9.15 Å². The Labute approximate surface area is 136 Å². The lowest BCUT2D eigenvalue weighted by atomic mass is 10.2. The Morgan fingerprint density at radius 3 is 2.58 bits per heavy atom. The summed E-state index contributed by atoms with van der Waals surface area (Å²) >= 11 is 0. The monoisotopic (exact) mass is 331 g/mol. The molecule has 1 heterocycles. The van der Waals surface area contributed by atoms with Crippen LogP contribution in [0.4, 0.5) is 5.88 Å². The molecule has 0 unspecified atom stereocenters. The molecule has 1 N–H and O–H groups in total. The number of furan rings is 1. The Bertz CT molecular complexity index is 779. The van der Waals surface area contributed by atoms with E-state index in [1.165, 1.54) is 12.3 Å². The van der Waals surface area contributed by atoms with Crippen LogP contribution in [-0.4, -0.2) is 23.0 Å². The van der Waals surface area contributed by atoms with E-state index in [1.807, 2.05) is 0 Å². The van der Waals surface area contributed by atoms with E-state index in [1.54, 1.807) is 31.2 Å². The van der Waals surface area contributed by atoms with Gasteiger partial charge in [0.2, 0.25) is 5.76 Å². The molecule has 0 atom stereocenters. The van der Waals surface area contributed by atoms with Crippen molar-refractivity contribution in [1.82, 2.24) is 5.43 Å². The maximum atomic E-state index is 11.7. The molecule has 0 saturated carbocycles. The topological polar surface area (TPSA) is 124 Å². The third-order valence-electron chi connectivity index (χ3n) is 2.78. The number of rotatable bonds is 6. The Morgan fingerprint density at radius 1 is 1.29 bits per heavy atom. The van der Waals surface area contributed by atoms with Gasteiger partial charge in [0.1, 0.15) is 10.7 Å². The summed E-state index contributed by atoms with van der Waals surface area (Å²) in [6.45, 7) is 1.69. The van der Waals surface area contributed by atoms with Crippen molar-refractivity contribution in [3.63, 3.8) is 0 Å². The lowest BCUT2D eigenvalue weighted by Crippen LogP contribution is -2.16. The van der Waals surface area contributed by atoms with E-state index in [4.69, 9.17) is 9.15 Å². The van der Waals surface area contributed by atoms with Gasteiger partial charge in [-0.2, -0.15) is 5.10 Å². The van der Waals surface area contributed by atoms with Gasteiger partial charge in [-0.3, -0.25) is 19.7 Å². The number of carbonyl (C=O) groups is 2. The number of carbonyl (C=O) groups excluding carboxylic acids is 2. The van der Waals surface area contributed by atoms with Crippen LogP contribution < -0.4 is 10.2 Å². The molecule has 2 aromatic rings. The number of hydrazone groups is 1. The molecule has 0 fully saturated rings. The molecular weight excluding hydrogens is 318 g/mol. The summed E-state index contributed by atoms with van der Waals surface area (Å²) in [5, 5.41) is 14.2. The molecule has 0 spiro atoms. The van der Waals surface area contributed by atoms with Crippen molar-refractivity contribution in [2.45, 2.75) is 13.3 Å². The fraction of sp³-hybridized carbons (Fsp3) is 0.133. The second-order valence-corrected chi connectivity index (χ2v) is 4.49. The van der Waals surface area contributed by atoms with E-state index in [0.717, 1.165) is 6.07 Å². The van der Waals surface area contributed by atoms with Crippen molar-refractivity contribution in [1.29, 1.82) is 0 Å². The number of ether oxygens (including phenoxy) is 1. The smallest absolute Gasteiger partial charge is 0.427 e. The van der Waals surface area contributed by atoms with E-state index in [2.05, 4.69) is 10.5 Å². The number of benzene rings is 1. The summed E-state index contributed by atoms with van der Waals surface area (Å²) in [5.74, 6) is -1.39. The second kappa shape index (κ2) is 7.68. The second-order valence-electron chi connectivity index (χ2n) is 4.49. The first-order valence-electron chi connectivity index (χ1n) is 6.88. The van der Waals surface area contributed by atoms with Gasteiger partial charge in [0.05, 0.1) is 12.3 Å².